The van der Waals surface area contributed by atoms with Crippen LogP contribution < -0.4 is 5.73 Å². The molecule has 90 valence electrons. The lowest BCUT2D eigenvalue weighted by Gasteiger charge is -2.10. The minimum Gasteiger partial charge on any atom is -0.326 e. The first-order valence-electron chi connectivity index (χ1n) is 5.78. The molecule has 0 aliphatic rings. The number of aromatic nitrogens is 2. The summed E-state index contributed by atoms with van der Waals surface area (Å²) in [6.45, 7) is 2.71. The van der Waals surface area contributed by atoms with Crippen molar-refractivity contribution in [2.24, 2.45) is 5.73 Å². The third-order valence-corrected chi connectivity index (χ3v) is 3.41. The predicted octanol–water partition coefficient (Wildman–Crippen LogP) is 3.05. The van der Waals surface area contributed by atoms with E-state index >= 15 is 0 Å². The van der Waals surface area contributed by atoms with Crippen LogP contribution in [0, 0.1) is 0 Å². The number of hydrogen-bond donors (Lipinski definition) is 1. The molecule has 0 saturated heterocycles. The van der Waals surface area contributed by atoms with E-state index in [1.807, 2.05) is 29.1 Å². The molecule has 0 aliphatic heterocycles. The van der Waals surface area contributed by atoms with Crippen molar-refractivity contribution in [3.63, 3.8) is 0 Å². The number of hydrogen-bond acceptors (Lipinski definition) is 2. The Balaban J connectivity index is 2.52. The minimum absolute atomic E-state index is 0.541. The molecule has 0 bridgehead atoms. The van der Waals surface area contributed by atoms with E-state index in [0.717, 1.165) is 28.6 Å². The van der Waals surface area contributed by atoms with Gasteiger partial charge in [-0.3, -0.25) is 0 Å². The largest absolute Gasteiger partial charge is 0.326 e. The molecule has 1 aromatic carbocycles. The summed E-state index contributed by atoms with van der Waals surface area (Å²) >= 11 is 3.56. The van der Waals surface area contributed by atoms with Crippen molar-refractivity contribution >= 4 is 15.9 Å². The highest BCUT2D eigenvalue weighted by atomic mass is 79.9. The van der Waals surface area contributed by atoms with Gasteiger partial charge in [-0.2, -0.15) is 5.10 Å². The van der Waals surface area contributed by atoms with E-state index in [-0.39, 0.29) is 0 Å². The fourth-order valence-electron chi connectivity index (χ4n) is 1.91. The van der Waals surface area contributed by atoms with Crippen molar-refractivity contribution in [3.05, 3.63) is 46.2 Å². The van der Waals surface area contributed by atoms with Crippen LogP contribution in [0.1, 0.15) is 24.6 Å². The van der Waals surface area contributed by atoms with E-state index in [4.69, 9.17) is 5.73 Å². The third kappa shape index (κ3) is 2.42. The zero-order valence-electron chi connectivity index (χ0n) is 9.86. The van der Waals surface area contributed by atoms with Crippen LogP contribution in [-0.4, -0.2) is 9.78 Å². The minimum atomic E-state index is 0.541. The van der Waals surface area contributed by atoms with Gasteiger partial charge in [0.15, 0.2) is 0 Å². The maximum atomic E-state index is 5.75. The van der Waals surface area contributed by atoms with Crippen molar-refractivity contribution in [1.82, 2.24) is 9.78 Å². The number of halogens is 1. The van der Waals surface area contributed by atoms with Gasteiger partial charge in [-0.25, -0.2) is 4.68 Å². The van der Waals surface area contributed by atoms with Crippen molar-refractivity contribution in [2.45, 2.75) is 26.3 Å². The van der Waals surface area contributed by atoms with Gasteiger partial charge in [0.25, 0.3) is 0 Å². The molecular formula is C13H16BrN3. The van der Waals surface area contributed by atoms with Gasteiger partial charge in [0.1, 0.15) is 0 Å². The molecule has 1 aromatic heterocycles. The second-order valence-electron chi connectivity index (χ2n) is 3.93. The smallest absolute Gasteiger partial charge is 0.0790 e. The zero-order valence-corrected chi connectivity index (χ0v) is 11.4. The Labute approximate surface area is 110 Å². The van der Waals surface area contributed by atoms with Crippen molar-refractivity contribution in [1.29, 1.82) is 0 Å². The summed E-state index contributed by atoms with van der Waals surface area (Å²) in [6.07, 6.45) is 3.95. The molecule has 3 nitrogen and oxygen atoms in total. The van der Waals surface area contributed by atoms with E-state index < -0.39 is 0 Å². The topological polar surface area (TPSA) is 43.8 Å². The third-order valence-electron chi connectivity index (χ3n) is 2.74. The Bertz CT molecular complexity index is 505. The van der Waals surface area contributed by atoms with Crippen LogP contribution in [0.3, 0.4) is 0 Å². The lowest BCUT2D eigenvalue weighted by Crippen LogP contribution is -2.06. The zero-order chi connectivity index (χ0) is 12.3. The quantitative estimate of drug-likeness (QED) is 0.942. The Hall–Kier alpha value is -1.13. The van der Waals surface area contributed by atoms with Crippen LogP contribution in [0.15, 0.2) is 34.9 Å². The molecule has 0 atom stereocenters. The average Bonchev–Trinajstić information content (AvgIpc) is 2.73. The van der Waals surface area contributed by atoms with Crippen molar-refractivity contribution in [3.8, 4) is 5.69 Å². The number of benzene rings is 1. The van der Waals surface area contributed by atoms with Crippen LogP contribution >= 0.6 is 15.9 Å². The molecule has 0 radical (unpaired) electrons. The lowest BCUT2D eigenvalue weighted by molar-refractivity contribution is 0.765. The molecule has 0 spiro atoms. The SMILES string of the molecule is CCCc1c(CN)cnn1-c1ccccc1Br. The molecular weight excluding hydrogens is 278 g/mol. The first-order valence-corrected chi connectivity index (χ1v) is 6.58. The summed E-state index contributed by atoms with van der Waals surface area (Å²) in [6, 6.07) is 8.09. The van der Waals surface area contributed by atoms with E-state index in [9.17, 15) is 0 Å². The molecule has 0 aliphatic carbocycles. The molecule has 1 heterocycles. The Kier molecular flexibility index (Phi) is 3.97. The molecule has 17 heavy (non-hydrogen) atoms. The van der Waals surface area contributed by atoms with E-state index in [1.54, 1.807) is 0 Å². The second kappa shape index (κ2) is 5.47. The highest BCUT2D eigenvalue weighted by Crippen LogP contribution is 2.23. The Morgan fingerprint density at radius 2 is 2.12 bits per heavy atom. The molecule has 0 unspecified atom stereocenters. The standard InChI is InChI=1S/C13H16BrN3/c1-2-5-12-10(8-15)9-16-17(12)13-7-4-3-6-11(13)14/h3-4,6-7,9H,2,5,8,15H2,1H3. The van der Waals surface area contributed by atoms with Crippen LogP contribution in [-0.2, 0) is 13.0 Å². The highest BCUT2D eigenvalue weighted by molar-refractivity contribution is 9.10. The van der Waals surface area contributed by atoms with Gasteiger partial charge in [0.2, 0.25) is 0 Å². The monoisotopic (exact) mass is 293 g/mol. The van der Waals surface area contributed by atoms with E-state index in [2.05, 4.69) is 34.0 Å². The number of nitrogens with two attached hydrogens (primary N) is 1. The summed E-state index contributed by atoms with van der Waals surface area (Å²) in [5, 5.41) is 4.44. The Morgan fingerprint density at radius 3 is 2.76 bits per heavy atom. The summed E-state index contributed by atoms with van der Waals surface area (Å²) in [4.78, 5) is 0. The maximum Gasteiger partial charge on any atom is 0.0790 e. The average molecular weight is 294 g/mol. The van der Waals surface area contributed by atoms with Gasteiger partial charge in [0.05, 0.1) is 11.9 Å². The van der Waals surface area contributed by atoms with Crippen molar-refractivity contribution < 1.29 is 0 Å². The van der Waals surface area contributed by atoms with Crippen LogP contribution in [0.25, 0.3) is 5.69 Å². The van der Waals surface area contributed by atoms with Crippen molar-refractivity contribution in [2.75, 3.05) is 0 Å². The van der Waals surface area contributed by atoms with Crippen LogP contribution in [0.2, 0.25) is 0 Å². The van der Waals surface area contributed by atoms with Gasteiger partial charge in [0, 0.05) is 22.3 Å². The summed E-state index contributed by atoms with van der Waals surface area (Å²) in [5.41, 5.74) is 9.15. The molecule has 0 amide bonds. The van der Waals surface area contributed by atoms with Gasteiger partial charge >= 0.3 is 0 Å². The predicted molar refractivity (Wildman–Crippen MR) is 73.2 cm³/mol. The van der Waals surface area contributed by atoms with Crippen LogP contribution in [0.4, 0.5) is 0 Å². The fraction of sp³-hybridized carbons (Fsp3) is 0.308. The van der Waals surface area contributed by atoms with Crippen LogP contribution in [0.5, 0.6) is 0 Å². The summed E-state index contributed by atoms with van der Waals surface area (Å²) in [7, 11) is 0. The molecule has 4 heteroatoms. The maximum absolute atomic E-state index is 5.75. The fourth-order valence-corrected chi connectivity index (χ4v) is 2.37. The highest BCUT2D eigenvalue weighted by Gasteiger charge is 2.11. The number of para-hydroxylation sites is 1. The normalized spacial score (nSPS) is 10.8. The lowest BCUT2D eigenvalue weighted by atomic mass is 10.1. The van der Waals surface area contributed by atoms with E-state index in [0.29, 0.717) is 6.54 Å². The molecule has 2 N–H and O–H groups in total. The number of rotatable bonds is 4. The summed E-state index contributed by atoms with van der Waals surface area (Å²) in [5.74, 6) is 0. The number of nitrogens with zero attached hydrogens (tertiary/aromatic N) is 2. The first-order chi connectivity index (χ1) is 8.27. The van der Waals surface area contributed by atoms with E-state index in [1.165, 1.54) is 5.69 Å². The van der Waals surface area contributed by atoms with Gasteiger partial charge in [-0.15, -0.1) is 0 Å². The first kappa shape index (κ1) is 12.3. The van der Waals surface area contributed by atoms with Gasteiger partial charge < -0.3 is 5.73 Å². The van der Waals surface area contributed by atoms with Gasteiger partial charge in [-0.1, -0.05) is 25.5 Å². The molecule has 0 fully saturated rings. The molecule has 2 aromatic rings. The Morgan fingerprint density at radius 1 is 1.35 bits per heavy atom. The molecule has 2 rings (SSSR count). The molecule has 0 saturated carbocycles. The van der Waals surface area contributed by atoms with Gasteiger partial charge in [-0.05, 0) is 34.5 Å². The summed E-state index contributed by atoms with van der Waals surface area (Å²) < 4.78 is 3.03. The second-order valence-corrected chi connectivity index (χ2v) is 4.79.